The number of benzene rings is 2. The minimum absolute atomic E-state index is 0.0446. The van der Waals surface area contributed by atoms with Gasteiger partial charge >= 0.3 is 0 Å². The molecule has 4 rings (SSSR count). The first-order valence-corrected chi connectivity index (χ1v) is 9.20. The van der Waals surface area contributed by atoms with Gasteiger partial charge in [0.1, 0.15) is 11.7 Å². The molecule has 0 aliphatic carbocycles. The van der Waals surface area contributed by atoms with E-state index >= 15 is 0 Å². The zero-order valence-electron chi connectivity index (χ0n) is 15.4. The number of piperazine rings is 1. The molecule has 0 radical (unpaired) electrons. The molecule has 142 valence electrons. The van der Waals surface area contributed by atoms with Crippen LogP contribution in [-0.4, -0.2) is 52.8 Å². The number of imidazole rings is 1. The molecule has 4 N–H and O–H groups in total. The highest BCUT2D eigenvalue weighted by molar-refractivity contribution is 5.96. The summed E-state index contributed by atoms with van der Waals surface area (Å²) in [6, 6.07) is 15.2. The zero-order valence-corrected chi connectivity index (χ0v) is 15.4. The van der Waals surface area contributed by atoms with Crippen molar-refractivity contribution in [1.29, 1.82) is 5.41 Å². The molecule has 1 fully saturated rings. The number of nitrogens with two attached hydrogens (primary N) is 1. The van der Waals surface area contributed by atoms with Crippen molar-refractivity contribution in [3.63, 3.8) is 0 Å². The van der Waals surface area contributed by atoms with Gasteiger partial charge in [0, 0.05) is 61.0 Å². The number of aromatic amines is 1. The van der Waals surface area contributed by atoms with E-state index in [0.717, 1.165) is 30.2 Å². The Balaban J connectivity index is 1.40. The first-order chi connectivity index (χ1) is 13.6. The van der Waals surface area contributed by atoms with E-state index in [-0.39, 0.29) is 11.7 Å². The molecule has 0 spiro atoms. The minimum atomic E-state index is 0.0446. The van der Waals surface area contributed by atoms with Gasteiger partial charge in [0.25, 0.3) is 5.91 Å². The van der Waals surface area contributed by atoms with E-state index < -0.39 is 0 Å². The van der Waals surface area contributed by atoms with Crippen LogP contribution in [0.2, 0.25) is 0 Å². The van der Waals surface area contributed by atoms with Crippen molar-refractivity contribution in [3.8, 4) is 11.4 Å². The molecule has 1 aromatic heterocycles. The predicted octanol–water partition coefficient (Wildman–Crippen LogP) is 2.32. The van der Waals surface area contributed by atoms with Crippen molar-refractivity contribution in [2.45, 2.75) is 0 Å². The monoisotopic (exact) mass is 374 g/mol. The van der Waals surface area contributed by atoms with Crippen molar-refractivity contribution in [2.24, 2.45) is 5.73 Å². The molecule has 2 aromatic carbocycles. The van der Waals surface area contributed by atoms with Crippen LogP contribution in [0.3, 0.4) is 0 Å². The van der Waals surface area contributed by atoms with Crippen LogP contribution >= 0.6 is 0 Å². The highest BCUT2D eigenvalue weighted by Crippen LogP contribution is 2.20. The number of amides is 1. The van der Waals surface area contributed by atoms with E-state index in [1.807, 2.05) is 53.4 Å². The second kappa shape index (κ2) is 7.56. The lowest BCUT2D eigenvalue weighted by atomic mass is 10.1. The predicted molar refractivity (Wildman–Crippen MR) is 110 cm³/mol. The first kappa shape index (κ1) is 17.8. The number of hydrogen-bond donors (Lipinski definition) is 3. The van der Waals surface area contributed by atoms with Gasteiger partial charge in [0.15, 0.2) is 0 Å². The van der Waals surface area contributed by atoms with Crippen molar-refractivity contribution >= 4 is 17.4 Å². The first-order valence-electron chi connectivity index (χ1n) is 9.20. The lowest BCUT2D eigenvalue weighted by molar-refractivity contribution is 0.0747. The molecule has 28 heavy (non-hydrogen) atoms. The lowest BCUT2D eigenvalue weighted by Crippen LogP contribution is -2.48. The SMILES string of the molecule is N=C(N)c1cccc(N2CCN(C(=O)c3ccc(-c4ncc[nH]4)cc3)CC2)c1. The number of nitrogens with zero attached hydrogens (tertiary/aromatic N) is 3. The lowest BCUT2D eigenvalue weighted by Gasteiger charge is -2.36. The molecule has 0 saturated carbocycles. The summed E-state index contributed by atoms with van der Waals surface area (Å²) in [5, 5.41) is 7.59. The van der Waals surface area contributed by atoms with Crippen LogP contribution in [0.15, 0.2) is 60.9 Å². The zero-order chi connectivity index (χ0) is 19.5. The summed E-state index contributed by atoms with van der Waals surface area (Å²) in [4.78, 5) is 24.2. The van der Waals surface area contributed by atoms with Gasteiger partial charge in [-0.3, -0.25) is 10.2 Å². The summed E-state index contributed by atoms with van der Waals surface area (Å²) in [6.07, 6.45) is 3.49. The molecule has 0 unspecified atom stereocenters. The summed E-state index contributed by atoms with van der Waals surface area (Å²) in [7, 11) is 0. The smallest absolute Gasteiger partial charge is 0.253 e. The van der Waals surface area contributed by atoms with E-state index in [4.69, 9.17) is 11.1 Å². The number of H-pyrrole nitrogens is 1. The molecule has 3 aromatic rings. The van der Waals surface area contributed by atoms with E-state index in [9.17, 15) is 4.79 Å². The average Bonchev–Trinajstić information content (AvgIpc) is 3.28. The normalized spacial score (nSPS) is 14.1. The minimum Gasteiger partial charge on any atom is -0.384 e. The molecule has 2 heterocycles. The van der Waals surface area contributed by atoms with Crippen molar-refractivity contribution < 1.29 is 4.79 Å². The third-order valence-corrected chi connectivity index (χ3v) is 4.99. The summed E-state index contributed by atoms with van der Waals surface area (Å²) in [5.74, 6) is 0.900. The number of amidine groups is 1. The molecule has 0 bridgehead atoms. The fourth-order valence-corrected chi connectivity index (χ4v) is 3.41. The van der Waals surface area contributed by atoms with Crippen LogP contribution in [0.5, 0.6) is 0 Å². The fourth-order valence-electron chi connectivity index (χ4n) is 3.41. The Bertz CT molecular complexity index is 972. The van der Waals surface area contributed by atoms with E-state index in [2.05, 4.69) is 14.9 Å². The average molecular weight is 374 g/mol. The molecule has 1 aliphatic rings. The van der Waals surface area contributed by atoms with E-state index in [0.29, 0.717) is 24.2 Å². The van der Waals surface area contributed by atoms with Gasteiger partial charge in [-0.2, -0.15) is 0 Å². The molecule has 7 heteroatoms. The van der Waals surface area contributed by atoms with Crippen molar-refractivity contribution in [1.82, 2.24) is 14.9 Å². The number of nitrogen functional groups attached to an aromatic ring is 1. The van der Waals surface area contributed by atoms with E-state index in [1.54, 1.807) is 12.4 Å². The molecule has 0 atom stereocenters. The largest absolute Gasteiger partial charge is 0.384 e. The molecule has 1 saturated heterocycles. The summed E-state index contributed by atoms with van der Waals surface area (Å²) < 4.78 is 0. The topological polar surface area (TPSA) is 102 Å². The Kier molecular flexibility index (Phi) is 4.80. The Labute approximate surface area is 163 Å². The number of carbonyl (C=O) groups excluding carboxylic acids is 1. The highest BCUT2D eigenvalue weighted by atomic mass is 16.2. The Morgan fingerprint density at radius 3 is 2.43 bits per heavy atom. The molecule has 7 nitrogen and oxygen atoms in total. The van der Waals surface area contributed by atoms with Gasteiger partial charge in [-0.05, 0) is 24.3 Å². The summed E-state index contributed by atoms with van der Waals surface area (Å²) in [6.45, 7) is 2.81. The number of nitrogens with one attached hydrogen (secondary N) is 2. The number of rotatable bonds is 4. The summed E-state index contributed by atoms with van der Waals surface area (Å²) >= 11 is 0. The van der Waals surface area contributed by atoms with Crippen LogP contribution in [-0.2, 0) is 0 Å². The van der Waals surface area contributed by atoms with Crippen LogP contribution < -0.4 is 10.6 Å². The third-order valence-electron chi connectivity index (χ3n) is 4.99. The Morgan fingerprint density at radius 1 is 1.04 bits per heavy atom. The van der Waals surface area contributed by atoms with Gasteiger partial charge in [0.2, 0.25) is 0 Å². The quantitative estimate of drug-likeness (QED) is 0.482. The number of aromatic nitrogens is 2. The third kappa shape index (κ3) is 3.59. The molecular formula is C21H22N6O. The molecular weight excluding hydrogens is 352 g/mol. The number of carbonyl (C=O) groups is 1. The van der Waals surface area contributed by atoms with Crippen LogP contribution in [0.4, 0.5) is 5.69 Å². The van der Waals surface area contributed by atoms with E-state index in [1.165, 1.54) is 0 Å². The standard InChI is InChI=1S/C21H22N6O/c22-19(23)17-2-1-3-18(14-17)26-10-12-27(13-11-26)21(28)16-6-4-15(5-7-16)20-24-8-9-25-20/h1-9,14H,10-13H2,(H3,22,23)(H,24,25). The van der Waals surface area contributed by atoms with Gasteiger partial charge in [-0.15, -0.1) is 0 Å². The van der Waals surface area contributed by atoms with Gasteiger partial charge < -0.3 is 20.5 Å². The number of hydrogen-bond acceptors (Lipinski definition) is 4. The van der Waals surface area contributed by atoms with Crippen LogP contribution in [0.25, 0.3) is 11.4 Å². The van der Waals surface area contributed by atoms with Crippen molar-refractivity contribution in [3.05, 3.63) is 72.1 Å². The maximum Gasteiger partial charge on any atom is 0.253 e. The number of anilines is 1. The summed E-state index contributed by atoms with van der Waals surface area (Å²) in [5.41, 5.74) is 8.97. The fraction of sp³-hybridized carbons (Fsp3) is 0.190. The van der Waals surface area contributed by atoms with Gasteiger partial charge in [0.05, 0.1) is 0 Å². The second-order valence-electron chi connectivity index (χ2n) is 6.76. The molecule has 1 aliphatic heterocycles. The van der Waals surface area contributed by atoms with Crippen LogP contribution in [0, 0.1) is 5.41 Å². The maximum absolute atomic E-state index is 12.8. The molecule has 1 amide bonds. The van der Waals surface area contributed by atoms with Crippen molar-refractivity contribution in [2.75, 3.05) is 31.1 Å². The van der Waals surface area contributed by atoms with Gasteiger partial charge in [-0.1, -0.05) is 24.3 Å². The highest BCUT2D eigenvalue weighted by Gasteiger charge is 2.22. The Hall–Kier alpha value is -3.61. The second-order valence-corrected chi connectivity index (χ2v) is 6.76. The van der Waals surface area contributed by atoms with Crippen LogP contribution in [0.1, 0.15) is 15.9 Å². The van der Waals surface area contributed by atoms with Gasteiger partial charge in [-0.25, -0.2) is 4.98 Å². The maximum atomic E-state index is 12.8. The Morgan fingerprint density at radius 2 is 1.79 bits per heavy atom.